The van der Waals surface area contributed by atoms with Gasteiger partial charge in [-0.25, -0.2) is 0 Å². The van der Waals surface area contributed by atoms with Crippen molar-refractivity contribution in [3.8, 4) is 0 Å². The van der Waals surface area contributed by atoms with Crippen molar-refractivity contribution in [1.82, 2.24) is 4.90 Å². The van der Waals surface area contributed by atoms with Gasteiger partial charge in [-0.15, -0.1) is 0 Å². The molecular formula is C11H22NNaO5S2. The van der Waals surface area contributed by atoms with Crippen molar-refractivity contribution in [2.24, 2.45) is 0 Å². The van der Waals surface area contributed by atoms with E-state index in [2.05, 4.69) is 0 Å². The van der Waals surface area contributed by atoms with Gasteiger partial charge in [0.2, 0.25) is 0 Å². The molecule has 0 saturated carbocycles. The molecule has 0 aliphatic heterocycles. The van der Waals surface area contributed by atoms with Crippen molar-refractivity contribution >= 4 is 29.2 Å². The fraction of sp³-hybridized carbons (Fsp3) is 0.909. The Morgan fingerprint density at radius 2 is 1.65 bits per heavy atom. The van der Waals surface area contributed by atoms with Crippen LogP contribution in [0, 0.1) is 0 Å². The summed E-state index contributed by atoms with van der Waals surface area (Å²) in [4.78, 5) is 1.56. The second kappa shape index (κ2) is 12.5. The SMILES string of the molecule is CCCCN(C[C@H](O)[C@@H](O)[C@H](O)[C@H](O)CO)C(=S)[S-].[Na+]. The third-order valence-corrected chi connectivity index (χ3v) is 3.29. The van der Waals surface area contributed by atoms with Crippen LogP contribution in [0.25, 0.3) is 0 Å². The summed E-state index contributed by atoms with van der Waals surface area (Å²) in [5.41, 5.74) is 0. The second-order valence-corrected chi connectivity index (χ2v) is 5.40. The molecule has 6 nitrogen and oxygen atoms in total. The van der Waals surface area contributed by atoms with Crippen LogP contribution >= 0.6 is 12.2 Å². The molecule has 0 aliphatic carbocycles. The molecule has 0 radical (unpaired) electrons. The van der Waals surface area contributed by atoms with E-state index in [1.54, 1.807) is 4.90 Å². The Morgan fingerprint density at radius 1 is 1.15 bits per heavy atom. The Labute approximate surface area is 152 Å². The van der Waals surface area contributed by atoms with E-state index in [-0.39, 0.29) is 40.4 Å². The molecule has 20 heavy (non-hydrogen) atoms. The van der Waals surface area contributed by atoms with Crippen LogP contribution in [-0.2, 0) is 12.6 Å². The van der Waals surface area contributed by atoms with Gasteiger partial charge in [-0.3, -0.25) is 0 Å². The van der Waals surface area contributed by atoms with E-state index >= 15 is 0 Å². The number of hydrogen-bond donors (Lipinski definition) is 5. The van der Waals surface area contributed by atoms with Gasteiger partial charge in [-0.2, -0.15) is 0 Å². The summed E-state index contributed by atoms with van der Waals surface area (Å²) in [7, 11) is 0. The molecule has 0 rings (SSSR count). The van der Waals surface area contributed by atoms with E-state index in [9.17, 15) is 20.4 Å². The van der Waals surface area contributed by atoms with Crippen LogP contribution in [0.15, 0.2) is 0 Å². The molecule has 4 atom stereocenters. The van der Waals surface area contributed by atoms with E-state index < -0.39 is 31.0 Å². The molecule has 0 heterocycles. The van der Waals surface area contributed by atoms with E-state index in [1.807, 2.05) is 6.92 Å². The Balaban J connectivity index is 0. The number of rotatable bonds is 9. The first-order valence-electron chi connectivity index (χ1n) is 6.14. The maximum Gasteiger partial charge on any atom is 1.00 e. The predicted octanol–water partition coefficient (Wildman–Crippen LogP) is -4.64. The standard InChI is InChI=1S/C11H23NO5S2.Na/c1-2-3-4-12(11(18)19)5-7(14)9(16)10(17)8(15)6-13;/h7-10,13-17H,2-6H2,1H3,(H,18,19);/q;+1/p-1/t7-,8+,9+,10+;/m0./s1. The molecule has 0 amide bonds. The molecule has 5 N–H and O–H groups in total. The van der Waals surface area contributed by atoms with E-state index in [0.29, 0.717) is 6.54 Å². The summed E-state index contributed by atoms with van der Waals surface area (Å²) in [5.74, 6) is 0. The second-order valence-electron chi connectivity index (χ2n) is 4.36. The van der Waals surface area contributed by atoms with Crippen LogP contribution in [0.3, 0.4) is 0 Å². The molecule has 0 aromatic rings. The van der Waals surface area contributed by atoms with Crippen molar-refractivity contribution in [1.29, 1.82) is 0 Å². The largest absolute Gasteiger partial charge is 1.00 e. The van der Waals surface area contributed by atoms with Gasteiger partial charge in [-0.05, 0) is 6.42 Å². The molecule has 0 aromatic heterocycles. The summed E-state index contributed by atoms with van der Waals surface area (Å²) in [6.45, 7) is 1.82. The number of unbranched alkanes of at least 4 members (excludes halogenated alkanes) is 1. The maximum atomic E-state index is 9.80. The Hall–Kier alpha value is 0.910. The monoisotopic (exact) mass is 335 g/mol. The van der Waals surface area contributed by atoms with Crippen LogP contribution in [-0.4, -0.2) is 78.9 Å². The van der Waals surface area contributed by atoms with Gasteiger partial charge in [0, 0.05) is 13.1 Å². The smallest absolute Gasteiger partial charge is 0.411 e. The topological polar surface area (TPSA) is 104 Å². The Kier molecular flexibility index (Phi) is 14.4. The Morgan fingerprint density at radius 3 is 2.05 bits per heavy atom. The first-order chi connectivity index (χ1) is 8.84. The van der Waals surface area contributed by atoms with E-state index in [4.69, 9.17) is 30.0 Å². The number of aliphatic hydroxyl groups is 5. The summed E-state index contributed by atoms with van der Waals surface area (Å²) >= 11 is 9.74. The minimum atomic E-state index is -1.63. The van der Waals surface area contributed by atoms with E-state index in [1.165, 1.54) is 0 Å². The molecule has 0 saturated heterocycles. The quantitative estimate of drug-likeness (QED) is 0.163. The van der Waals surface area contributed by atoms with Crippen LogP contribution in [0.4, 0.5) is 0 Å². The maximum absolute atomic E-state index is 9.80. The van der Waals surface area contributed by atoms with Crippen molar-refractivity contribution < 1.29 is 55.1 Å². The minimum Gasteiger partial charge on any atom is -0.411 e. The summed E-state index contributed by atoms with van der Waals surface area (Å²) in [6, 6.07) is 0. The molecule has 0 fully saturated rings. The van der Waals surface area contributed by atoms with Crippen molar-refractivity contribution in [2.75, 3.05) is 19.7 Å². The molecule has 0 aromatic carbocycles. The molecule has 0 bridgehead atoms. The van der Waals surface area contributed by atoms with Gasteiger partial charge in [-0.1, -0.05) is 17.7 Å². The van der Waals surface area contributed by atoms with E-state index in [0.717, 1.165) is 12.8 Å². The van der Waals surface area contributed by atoms with Gasteiger partial charge in [0.15, 0.2) is 0 Å². The minimum absolute atomic E-state index is 0. The van der Waals surface area contributed by atoms with Gasteiger partial charge in [0.25, 0.3) is 0 Å². The number of aliphatic hydroxyl groups excluding tert-OH is 5. The molecule has 0 unspecified atom stereocenters. The third kappa shape index (κ3) is 8.38. The number of thiocarbonyl (C=S) groups is 1. The fourth-order valence-corrected chi connectivity index (χ4v) is 1.83. The summed E-state index contributed by atoms with van der Waals surface area (Å²) in [5, 5.41) is 46.8. The zero-order chi connectivity index (χ0) is 15.0. The Bertz CT molecular complexity index is 275. The van der Waals surface area contributed by atoms with Crippen LogP contribution in [0.1, 0.15) is 19.8 Å². The van der Waals surface area contributed by atoms with Gasteiger partial charge < -0.3 is 55.3 Å². The van der Waals surface area contributed by atoms with Crippen LogP contribution < -0.4 is 29.6 Å². The average Bonchev–Trinajstić information content (AvgIpc) is 2.39. The fourth-order valence-electron chi connectivity index (χ4n) is 1.50. The summed E-state index contributed by atoms with van der Waals surface area (Å²) < 4.78 is 0.178. The zero-order valence-electron chi connectivity index (χ0n) is 11.8. The number of nitrogens with zero attached hydrogens (tertiary/aromatic N) is 1. The molecule has 9 heteroatoms. The zero-order valence-corrected chi connectivity index (χ0v) is 15.5. The van der Waals surface area contributed by atoms with Crippen LogP contribution in [0.2, 0.25) is 0 Å². The normalized spacial score (nSPS) is 16.7. The molecule has 114 valence electrons. The average molecular weight is 335 g/mol. The number of hydrogen-bond acceptors (Lipinski definition) is 7. The predicted molar refractivity (Wildman–Crippen MR) is 77.6 cm³/mol. The van der Waals surface area contributed by atoms with Crippen LogP contribution in [0.5, 0.6) is 0 Å². The van der Waals surface area contributed by atoms with Gasteiger partial charge in [0.1, 0.15) is 18.3 Å². The van der Waals surface area contributed by atoms with Crippen molar-refractivity contribution in [2.45, 2.75) is 44.2 Å². The molecule has 0 spiro atoms. The van der Waals surface area contributed by atoms with Gasteiger partial charge in [0.05, 0.1) is 12.7 Å². The first-order valence-corrected chi connectivity index (χ1v) is 6.95. The molecular weight excluding hydrogens is 313 g/mol. The third-order valence-electron chi connectivity index (χ3n) is 2.77. The summed E-state index contributed by atoms with van der Waals surface area (Å²) in [6.07, 6.45) is -4.29. The molecule has 0 aliphatic rings. The first kappa shape index (κ1) is 23.2. The van der Waals surface area contributed by atoms with Gasteiger partial charge >= 0.3 is 29.6 Å². The van der Waals surface area contributed by atoms with Crippen molar-refractivity contribution in [3.63, 3.8) is 0 Å². The van der Waals surface area contributed by atoms with Crippen molar-refractivity contribution in [3.05, 3.63) is 0 Å².